The highest BCUT2D eigenvalue weighted by atomic mass is 32.2. The second-order valence-corrected chi connectivity index (χ2v) is 8.40. The summed E-state index contributed by atoms with van der Waals surface area (Å²) in [5, 5.41) is 0. The summed E-state index contributed by atoms with van der Waals surface area (Å²) in [5.41, 5.74) is 1.02. The van der Waals surface area contributed by atoms with Gasteiger partial charge < -0.3 is 9.47 Å². The van der Waals surface area contributed by atoms with Crippen molar-refractivity contribution < 1.29 is 22.3 Å². The van der Waals surface area contributed by atoms with Crippen LogP contribution in [0, 0.1) is 5.82 Å². The molecule has 1 heterocycles. The molecular formula is C20H24FNO4S. The van der Waals surface area contributed by atoms with Gasteiger partial charge in [0, 0.05) is 6.54 Å². The van der Waals surface area contributed by atoms with Crippen LogP contribution < -0.4 is 4.74 Å². The molecule has 0 saturated carbocycles. The summed E-state index contributed by atoms with van der Waals surface area (Å²) in [6, 6.07) is 13.8. The number of benzene rings is 2. The number of unbranched alkanes of at least 4 members (excludes halogenated alkanes) is 1. The number of hydrogen-bond donors (Lipinski definition) is 0. The topological polar surface area (TPSA) is 55.8 Å². The van der Waals surface area contributed by atoms with Gasteiger partial charge in [0.15, 0.2) is 4.90 Å². The molecule has 0 radical (unpaired) electrons. The van der Waals surface area contributed by atoms with Crippen LogP contribution in [-0.4, -0.2) is 38.5 Å². The molecule has 0 aromatic heterocycles. The lowest BCUT2D eigenvalue weighted by atomic mass is 10.2. The van der Waals surface area contributed by atoms with Crippen LogP contribution in [0.4, 0.5) is 4.39 Å². The third kappa shape index (κ3) is 4.66. The second-order valence-electron chi connectivity index (χ2n) is 6.52. The summed E-state index contributed by atoms with van der Waals surface area (Å²) >= 11 is 0. The number of sulfonamides is 1. The van der Waals surface area contributed by atoms with Crippen molar-refractivity contribution >= 4 is 10.0 Å². The van der Waals surface area contributed by atoms with Crippen LogP contribution in [0.1, 0.15) is 25.3 Å². The van der Waals surface area contributed by atoms with Crippen LogP contribution in [-0.2, 0) is 21.4 Å². The summed E-state index contributed by atoms with van der Waals surface area (Å²) in [4.78, 5) is -0.383. The summed E-state index contributed by atoms with van der Waals surface area (Å²) < 4.78 is 53.1. The molecule has 0 unspecified atom stereocenters. The lowest BCUT2D eigenvalue weighted by molar-refractivity contribution is 0.0339. The summed E-state index contributed by atoms with van der Waals surface area (Å²) in [7, 11) is -3.95. The molecule has 1 aliphatic heterocycles. The lowest BCUT2D eigenvalue weighted by Gasteiger charge is -2.23. The molecule has 1 aliphatic rings. The Morgan fingerprint density at radius 3 is 2.70 bits per heavy atom. The Balaban J connectivity index is 1.79. The van der Waals surface area contributed by atoms with Crippen LogP contribution in [0.25, 0.3) is 0 Å². The average Bonchev–Trinajstić information content (AvgIpc) is 2.75. The first kappa shape index (κ1) is 19.8. The zero-order chi connectivity index (χ0) is 19.3. The molecule has 5 nitrogen and oxygen atoms in total. The molecular weight excluding hydrogens is 369 g/mol. The quantitative estimate of drug-likeness (QED) is 0.721. The Bertz CT molecular complexity index is 858. The Labute approximate surface area is 159 Å². The zero-order valence-corrected chi connectivity index (χ0v) is 16.1. The van der Waals surface area contributed by atoms with E-state index in [2.05, 4.69) is 0 Å². The van der Waals surface area contributed by atoms with Crippen molar-refractivity contribution in [2.45, 2.75) is 37.4 Å². The molecule has 7 heteroatoms. The van der Waals surface area contributed by atoms with E-state index < -0.39 is 21.9 Å². The molecule has 0 spiro atoms. The maximum absolute atomic E-state index is 14.3. The average molecular weight is 393 g/mol. The number of hydrogen-bond acceptors (Lipinski definition) is 4. The van der Waals surface area contributed by atoms with Crippen molar-refractivity contribution in [2.75, 3.05) is 19.7 Å². The molecule has 2 aromatic carbocycles. The Hall–Kier alpha value is -1.96. The molecule has 146 valence electrons. The van der Waals surface area contributed by atoms with Gasteiger partial charge in [0.1, 0.15) is 17.7 Å². The van der Waals surface area contributed by atoms with E-state index in [0.717, 1.165) is 18.1 Å². The third-order valence-electron chi connectivity index (χ3n) is 4.41. The van der Waals surface area contributed by atoms with E-state index in [4.69, 9.17) is 9.47 Å². The smallest absolute Gasteiger partial charge is 0.249 e. The summed E-state index contributed by atoms with van der Waals surface area (Å²) in [5.74, 6) is -0.748. The van der Waals surface area contributed by atoms with Gasteiger partial charge in [-0.1, -0.05) is 49.7 Å². The molecule has 0 fully saturated rings. The van der Waals surface area contributed by atoms with E-state index in [9.17, 15) is 12.8 Å². The highest BCUT2D eigenvalue weighted by molar-refractivity contribution is 7.89. The van der Waals surface area contributed by atoms with Crippen molar-refractivity contribution in [3.05, 3.63) is 59.9 Å². The van der Waals surface area contributed by atoms with Crippen LogP contribution in [0.3, 0.4) is 0 Å². The highest BCUT2D eigenvalue weighted by Crippen LogP contribution is 2.33. The molecule has 0 bridgehead atoms. The molecule has 0 aliphatic carbocycles. The van der Waals surface area contributed by atoms with Gasteiger partial charge in [-0.25, -0.2) is 12.8 Å². The van der Waals surface area contributed by atoms with Gasteiger partial charge in [0.05, 0.1) is 19.8 Å². The van der Waals surface area contributed by atoms with Crippen molar-refractivity contribution in [3.8, 4) is 5.75 Å². The molecule has 1 atom stereocenters. The largest absolute Gasteiger partial charge is 0.485 e. The standard InChI is InChI=1S/C20H24FNO4S/c1-2-3-12-22-13-17(15-25-14-16-8-5-4-6-9-16)26-19-11-7-10-18(21)20(19)27(22,23)24/h4-11,17H,2-3,12-15H2,1H3/t17-/m0/s1. The first-order valence-corrected chi connectivity index (χ1v) is 10.5. The minimum atomic E-state index is -3.95. The van der Waals surface area contributed by atoms with Gasteiger partial charge in [-0.05, 0) is 24.1 Å². The SMILES string of the molecule is CCCCN1C[C@@H](COCc2ccccc2)Oc2cccc(F)c2S1(=O)=O. The van der Waals surface area contributed by atoms with Crippen LogP contribution in [0.2, 0.25) is 0 Å². The fourth-order valence-corrected chi connectivity index (χ4v) is 4.69. The summed E-state index contributed by atoms with van der Waals surface area (Å²) in [6.45, 7) is 3.05. The van der Waals surface area contributed by atoms with Gasteiger partial charge in [0.2, 0.25) is 10.0 Å². The fourth-order valence-electron chi connectivity index (χ4n) is 3.02. The molecule has 27 heavy (non-hydrogen) atoms. The first-order valence-electron chi connectivity index (χ1n) is 9.09. The number of ether oxygens (including phenoxy) is 2. The predicted octanol–water partition coefficient (Wildman–Crippen LogP) is 3.59. The van der Waals surface area contributed by atoms with Crippen LogP contribution in [0.5, 0.6) is 5.75 Å². The number of fused-ring (bicyclic) bond motifs is 1. The maximum atomic E-state index is 14.3. The lowest BCUT2D eigenvalue weighted by Crippen LogP contribution is -2.39. The van der Waals surface area contributed by atoms with Crippen LogP contribution >= 0.6 is 0 Å². The van der Waals surface area contributed by atoms with Crippen molar-refractivity contribution in [2.24, 2.45) is 0 Å². The number of halogens is 1. The van der Waals surface area contributed by atoms with Gasteiger partial charge in [-0.3, -0.25) is 0 Å². The monoisotopic (exact) mass is 393 g/mol. The molecule has 2 aromatic rings. The minimum absolute atomic E-state index is 0.0438. The van der Waals surface area contributed by atoms with E-state index in [1.165, 1.54) is 16.4 Å². The predicted molar refractivity (Wildman–Crippen MR) is 101 cm³/mol. The van der Waals surface area contributed by atoms with Crippen LogP contribution in [0.15, 0.2) is 53.4 Å². The molecule has 0 N–H and O–H groups in total. The molecule has 3 rings (SSSR count). The zero-order valence-electron chi connectivity index (χ0n) is 15.3. The van der Waals surface area contributed by atoms with E-state index in [1.807, 2.05) is 37.3 Å². The van der Waals surface area contributed by atoms with Crippen molar-refractivity contribution in [3.63, 3.8) is 0 Å². The fraction of sp³-hybridized carbons (Fsp3) is 0.400. The first-order chi connectivity index (χ1) is 13.0. The number of nitrogens with zero attached hydrogens (tertiary/aromatic N) is 1. The van der Waals surface area contributed by atoms with Gasteiger partial charge in [-0.2, -0.15) is 4.31 Å². The molecule has 0 saturated heterocycles. The van der Waals surface area contributed by atoms with Crippen molar-refractivity contribution in [1.82, 2.24) is 4.31 Å². The van der Waals surface area contributed by atoms with E-state index in [-0.39, 0.29) is 23.8 Å². The Morgan fingerprint density at radius 1 is 1.19 bits per heavy atom. The summed E-state index contributed by atoms with van der Waals surface area (Å²) in [6.07, 6.45) is 1.02. The minimum Gasteiger partial charge on any atom is -0.485 e. The highest BCUT2D eigenvalue weighted by Gasteiger charge is 2.36. The second kappa shape index (κ2) is 8.82. The Kier molecular flexibility index (Phi) is 6.46. The van der Waals surface area contributed by atoms with Gasteiger partial charge in [0.25, 0.3) is 0 Å². The molecule has 0 amide bonds. The number of rotatable bonds is 7. The normalized spacial score (nSPS) is 19.1. The Morgan fingerprint density at radius 2 is 1.96 bits per heavy atom. The van der Waals surface area contributed by atoms with E-state index in [1.54, 1.807) is 0 Å². The van der Waals surface area contributed by atoms with Gasteiger partial charge in [-0.15, -0.1) is 0 Å². The maximum Gasteiger partial charge on any atom is 0.249 e. The third-order valence-corrected chi connectivity index (χ3v) is 6.33. The van der Waals surface area contributed by atoms with Crippen molar-refractivity contribution in [1.29, 1.82) is 0 Å². The van der Waals surface area contributed by atoms with E-state index >= 15 is 0 Å². The van der Waals surface area contributed by atoms with E-state index in [0.29, 0.717) is 19.6 Å². The van der Waals surface area contributed by atoms with Gasteiger partial charge >= 0.3 is 0 Å².